The minimum atomic E-state index is -2.35. The maximum absolute atomic E-state index is 12.5. The van der Waals surface area contributed by atoms with Gasteiger partial charge in [-0.05, 0) is 25.1 Å². The first-order chi connectivity index (χ1) is 13.6. The van der Waals surface area contributed by atoms with E-state index in [1.165, 1.54) is 0 Å². The monoisotopic (exact) mass is 442 g/mol. The molecule has 2 rings (SSSR count). The Kier molecular flexibility index (Phi) is 6.62. The van der Waals surface area contributed by atoms with E-state index in [2.05, 4.69) is 4.98 Å². The minimum absolute atomic E-state index is 0.0569. The van der Waals surface area contributed by atoms with Crippen molar-refractivity contribution in [2.75, 3.05) is 6.61 Å². The predicted molar refractivity (Wildman–Crippen MR) is 110 cm³/mol. The molecule has 0 aromatic carbocycles. The molecule has 4 atom stereocenters. The molecule has 30 heavy (non-hydrogen) atoms. The first-order valence-corrected chi connectivity index (χ1v) is 12.5. The summed E-state index contributed by atoms with van der Waals surface area (Å²) in [5, 5.41) is 11.2. The van der Waals surface area contributed by atoms with Crippen molar-refractivity contribution in [2.45, 2.75) is 76.8 Å². The predicted octanol–water partition coefficient (Wildman–Crippen LogP) is 0.708. The number of ketones is 1. The smallest absolute Gasteiger partial charge is 0.330 e. The van der Waals surface area contributed by atoms with Gasteiger partial charge in [-0.2, -0.15) is 0 Å². The summed E-state index contributed by atoms with van der Waals surface area (Å²) in [6.07, 6.45) is -2.82. The highest BCUT2D eigenvalue weighted by molar-refractivity contribution is 6.74. The molecule has 0 spiro atoms. The summed E-state index contributed by atoms with van der Waals surface area (Å²) in [6, 6.07) is 1.06. The summed E-state index contributed by atoms with van der Waals surface area (Å²) in [5.41, 5.74) is -3.87. The summed E-state index contributed by atoms with van der Waals surface area (Å²) < 4.78 is 18.2. The van der Waals surface area contributed by atoms with Crippen LogP contribution in [0.1, 0.15) is 40.8 Å². The molecule has 2 N–H and O–H groups in total. The van der Waals surface area contributed by atoms with Crippen LogP contribution in [-0.4, -0.2) is 59.1 Å². The molecule has 11 heteroatoms. The van der Waals surface area contributed by atoms with Crippen LogP contribution in [0.25, 0.3) is 0 Å². The Labute approximate surface area is 175 Å². The van der Waals surface area contributed by atoms with E-state index in [0.717, 1.165) is 30.7 Å². The Morgan fingerprint density at radius 1 is 1.30 bits per heavy atom. The standard InChI is InChI=1S/C19H30N2O8Si/c1-11(22)19(26)15(28-12(2)23)13(10-27-30(6,7)18(3,4)5)29-16(19)21-9-8-14(24)20-17(21)25/h8-9,13,15-16,26H,10H2,1-7H3,(H,20,24,25)/t13-,15-,16-,19-/m1/s1. The zero-order chi connectivity index (χ0) is 23.1. The molecule has 1 saturated heterocycles. The first-order valence-electron chi connectivity index (χ1n) is 9.63. The third-order valence-corrected chi connectivity index (χ3v) is 10.3. The van der Waals surface area contributed by atoms with E-state index < -0.39 is 55.4 Å². The van der Waals surface area contributed by atoms with Gasteiger partial charge in [-0.3, -0.25) is 23.9 Å². The molecule has 1 aromatic rings. The van der Waals surface area contributed by atoms with E-state index in [-0.39, 0.29) is 11.6 Å². The molecule has 2 heterocycles. The fourth-order valence-corrected chi connectivity index (χ4v) is 4.02. The number of carbonyl (C=O) groups excluding carboxylic acids is 2. The molecule has 1 aliphatic rings. The van der Waals surface area contributed by atoms with Crippen LogP contribution in [0.2, 0.25) is 18.1 Å². The fraction of sp³-hybridized carbons (Fsp3) is 0.684. The van der Waals surface area contributed by atoms with Crippen molar-refractivity contribution in [1.82, 2.24) is 9.55 Å². The number of aromatic nitrogens is 2. The van der Waals surface area contributed by atoms with Gasteiger partial charge in [0.15, 0.2) is 26.4 Å². The van der Waals surface area contributed by atoms with Crippen LogP contribution in [0.15, 0.2) is 21.9 Å². The van der Waals surface area contributed by atoms with Crippen LogP contribution in [0.4, 0.5) is 0 Å². The Hall–Kier alpha value is -2.08. The van der Waals surface area contributed by atoms with Crippen molar-refractivity contribution in [2.24, 2.45) is 0 Å². The average molecular weight is 443 g/mol. The number of H-pyrrole nitrogens is 1. The molecule has 0 unspecified atom stereocenters. The van der Waals surface area contributed by atoms with Gasteiger partial charge in [0.1, 0.15) is 6.10 Å². The van der Waals surface area contributed by atoms with Crippen molar-refractivity contribution < 1.29 is 28.6 Å². The van der Waals surface area contributed by atoms with Crippen molar-refractivity contribution in [3.05, 3.63) is 33.1 Å². The van der Waals surface area contributed by atoms with Gasteiger partial charge >= 0.3 is 11.7 Å². The number of rotatable bonds is 6. The number of esters is 1. The molecular weight excluding hydrogens is 412 g/mol. The van der Waals surface area contributed by atoms with E-state index in [4.69, 9.17) is 13.9 Å². The van der Waals surface area contributed by atoms with Gasteiger partial charge in [0.05, 0.1) is 6.61 Å². The van der Waals surface area contributed by atoms with Crippen LogP contribution < -0.4 is 11.2 Å². The lowest BCUT2D eigenvalue weighted by Gasteiger charge is -2.37. The Balaban J connectivity index is 2.49. The largest absolute Gasteiger partial charge is 0.456 e. The van der Waals surface area contributed by atoms with Crippen molar-refractivity contribution >= 4 is 20.1 Å². The molecule has 1 aromatic heterocycles. The molecule has 0 amide bonds. The number of nitrogens with one attached hydrogen (secondary N) is 1. The second-order valence-corrected chi connectivity index (χ2v) is 13.8. The van der Waals surface area contributed by atoms with Crippen molar-refractivity contribution in [3.8, 4) is 0 Å². The Bertz CT molecular complexity index is 931. The Morgan fingerprint density at radius 2 is 1.90 bits per heavy atom. The van der Waals surface area contributed by atoms with Crippen molar-refractivity contribution in [3.63, 3.8) is 0 Å². The molecule has 0 radical (unpaired) electrons. The lowest BCUT2D eigenvalue weighted by molar-refractivity contribution is -0.170. The van der Waals surface area contributed by atoms with Gasteiger partial charge in [-0.15, -0.1) is 0 Å². The minimum Gasteiger partial charge on any atom is -0.456 e. The van der Waals surface area contributed by atoms with Gasteiger partial charge < -0.3 is 19.0 Å². The van der Waals surface area contributed by atoms with E-state index in [1.54, 1.807) is 0 Å². The number of nitrogens with zero attached hydrogens (tertiary/aromatic N) is 1. The summed E-state index contributed by atoms with van der Waals surface area (Å²) in [4.78, 5) is 50.0. The van der Waals surface area contributed by atoms with Crippen LogP contribution in [-0.2, 0) is 23.5 Å². The molecule has 10 nitrogen and oxygen atoms in total. The van der Waals surface area contributed by atoms with Crippen LogP contribution in [0.5, 0.6) is 0 Å². The second-order valence-electron chi connectivity index (χ2n) is 9.03. The topological polar surface area (TPSA) is 137 Å². The number of hydrogen-bond donors (Lipinski definition) is 2. The number of ether oxygens (including phenoxy) is 2. The number of hydrogen-bond acceptors (Lipinski definition) is 8. The molecule has 1 aliphatic heterocycles. The van der Waals surface area contributed by atoms with Crippen LogP contribution in [0, 0.1) is 0 Å². The third-order valence-electron chi connectivity index (χ3n) is 5.83. The van der Waals surface area contributed by atoms with E-state index in [9.17, 15) is 24.3 Å². The normalized spacial score (nSPS) is 27.1. The molecule has 0 bridgehead atoms. The van der Waals surface area contributed by atoms with Gasteiger partial charge in [0.2, 0.25) is 5.60 Å². The maximum Gasteiger partial charge on any atom is 0.330 e. The van der Waals surface area contributed by atoms with E-state index >= 15 is 0 Å². The van der Waals surface area contributed by atoms with Crippen molar-refractivity contribution in [1.29, 1.82) is 0 Å². The summed E-state index contributed by atoms with van der Waals surface area (Å²) in [6.45, 7) is 12.4. The van der Waals surface area contributed by atoms with Crippen LogP contribution in [0.3, 0.4) is 0 Å². The summed E-state index contributed by atoms with van der Waals surface area (Å²) in [5.74, 6) is -1.48. The molecular formula is C19H30N2O8Si. The highest BCUT2D eigenvalue weighted by atomic mass is 28.4. The lowest BCUT2D eigenvalue weighted by atomic mass is 9.90. The van der Waals surface area contributed by atoms with Gasteiger partial charge in [-0.25, -0.2) is 4.79 Å². The zero-order valence-electron chi connectivity index (χ0n) is 18.3. The highest BCUT2D eigenvalue weighted by Crippen LogP contribution is 2.42. The maximum atomic E-state index is 12.5. The summed E-state index contributed by atoms with van der Waals surface area (Å²) in [7, 11) is -2.24. The first kappa shape index (κ1) is 24.2. The van der Waals surface area contributed by atoms with E-state index in [0.29, 0.717) is 0 Å². The SMILES string of the molecule is CC(=O)O[C@@H]1[C@@H](CO[Si](C)(C)C(C)(C)C)O[C@@H](n2ccc(=O)[nH]c2=O)[C@@]1(O)C(C)=O. The zero-order valence-corrected chi connectivity index (χ0v) is 19.3. The van der Waals surface area contributed by atoms with E-state index in [1.807, 2.05) is 33.9 Å². The third kappa shape index (κ3) is 4.48. The number of carbonyl (C=O) groups is 2. The molecule has 168 valence electrons. The number of aliphatic hydroxyl groups is 1. The summed E-state index contributed by atoms with van der Waals surface area (Å²) >= 11 is 0. The molecule has 1 fully saturated rings. The quantitative estimate of drug-likeness (QED) is 0.485. The van der Waals surface area contributed by atoms with Gasteiger partial charge in [0.25, 0.3) is 5.56 Å². The van der Waals surface area contributed by atoms with Gasteiger partial charge in [0, 0.05) is 19.2 Å². The number of Topliss-reactive ketones (excluding diaryl/α,β-unsaturated/α-hetero) is 1. The molecule has 0 aliphatic carbocycles. The number of aromatic amines is 1. The second kappa shape index (κ2) is 8.21. The average Bonchev–Trinajstić information content (AvgIpc) is 2.85. The highest BCUT2D eigenvalue weighted by Gasteiger charge is 2.62. The fourth-order valence-electron chi connectivity index (χ4n) is 3.01. The van der Waals surface area contributed by atoms with Crippen LogP contribution >= 0.6 is 0 Å². The molecule has 0 saturated carbocycles. The Morgan fingerprint density at radius 3 is 2.37 bits per heavy atom. The van der Waals surface area contributed by atoms with Gasteiger partial charge in [-0.1, -0.05) is 20.8 Å². The lowest BCUT2D eigenvalue weighted by Crippen LogP contribution is -2.56.